The van der Waals surface area contributed by atoms with E-state index < -0.39 is 29.8 Å². The Balaban J connectivity index is 4.83. The lowest BCUT2D eigenvalue weighted by molar-refractivity contribution is -0.145. The van der Waals surface area contributed by atoms with Crippen molar-refractivity contribution in [1.29, 1.82) is 0 Å². The van der Waals surface area contributed by atoms with Crippen LogP contribution >= 0.6 is 0 Å². The predicted octanol–water partition coefficient (Wildman–Crippen LogP) is -0.556. The maximum Gasteiger partial charge on any atom is 0.342 e. The summed E-state index contributed by atoms with van der Waals surface area (Å²) in [6.45, 7) is 1.11. The molecule has 1 amide bonds. The molecule has 6 nitrogen and oxygen atoms in total. The molecular formula is C9H11NO5. The molecule has 0 fully saturated rings. The highest BCUT2D eigenvalue weighted by molar-refractivity contribution is 5.89. The van der Waals surface area contributed by atoms with Gasteiger partial charge in [-0.3, -0.25) is 9.59 Å². The minimum atomic E-state index is -1.94. The third-order valence-electron chi connectivity index (χ3n) is 1.71. The van der Waals surface area contributed by atoms with E-state index >= 15 is 0 Å². The second-order valence-corrected chi connectivity index (χ2v) is 2.93. The first-order valence-corrected chi connectivity index (χ1v) is 4.06. The summed E-state index contributed by atoms with van der Waals surface area (Å²) in [6.07, 6.45) is 4.22. The number of terminal acetylenes is 1. The first-order chi connectivity index (χ1) is 6.84. The Morgan fingerprint density at radius 2 is 1.93 bits per heavy atom. The van der Waals surface area contributed by atoms with Gasteiger partial charge in [0.1, 0.15) is 0 Å². The predicted molar refractivity (Wildman–Crippen MR) is 49.9 cm³/mol. The molecule has 15 heavy (non-hydrogen) atoms. The van der Waals surface area contributed by atoms with Crippen LogP contribution in [0.3, 0.4) is 0 Å². The molecule has 0 saturated carbocycles. The monoisotopic (exact) mass is 213 g/mol. The standard InChI is InChI=1S/C9H11NO5/c1-3-9(8(14)15,10-6(2)11)5-4-7(12)13/h1H,4-5H2,2H3,(H,10,11)(H,12,13)(H,14,15). The van der Waals surface area contributed by atoms with Gasteiger partial charge in [0, 0.05) is 19.8 Å². The van der Waals surface area contributed by atoms with Crippen LogP contribution in [0.5, 0.6) is 0 Å². The van der Waals surface area contributed by atoms with Crippen LogP contribution in [0, 0.1) is 12.3 Å². The Labute approximate surface area is 86.3 Å². The second kappa shape index (κ2) is 5.00. The van der Waals surface area contributed by atoms with Crippen molar-refractivity contribution in [2.45, 2.75) is 25.3 Å². The number of aliphatic carboxylic acids is 2. The Morgan fingerprint density at radius 1 is 1.40 bits per heavy atom. The molecule has 0 spiro atoms. The molecule has 0 saturated heterocycles. The van der Waals surface area contributed by atoms with Crippen molar-refractivity contribution in [1.82, 2.24) is 5.32 Å². The zero-order valence-electron chi connectivity index (χ0n) is 8.11. The maximum atomic E-state index is 10.9. The summed E-state index contributed by atoms with van der Waals surface area (Å²) in [6, 6.07) is 0. The maximum absolute atomic E-state index is 10.9. The highest BCUT2D eigenvalue weighted by Gasteiger charge is 2.37. The molecule has 0 aromatic rings. The fraction of sp³-hybridized carbons (Fsp3) is 0.444. The summed E-state index contributed by atoms with van der Waals surface area (Å²) in [5.41, 5.74) is -1.94. The average molecular weight is 213 g/mol. The summed E-state index contributed by atoms with van der Waals surface area (Å²) >= 11 is 0. The Kier molecular flexibility index (Phi) is 4.33. The number of carbonyl (C=O) groups is 3. The number of carboxylic acids is 2. The molecule has 0 aromatic heterocycles. The van der Waals surface area contributed by atoms with Gasteiger partial charge in [-0.1, -0.05) is 5.92 Å². The molecule has 3 N–H and O–H groups in total. The molecule has 1 unspecified atom stereocenters. The zero-order valence-corrected chi connectivity index (χ0v) is 8.11. The molecular weight excluding hydrogens is 202 g/mol. The highest BCUT2D eigenvalue weighted by Crippen LogP contribution is 2.12. The van der Waals surface area contributed by atoms with Crippen molar-refractivity contribution in [3.63, 3.8) is 0 Å². The van der Waals surface area contributed by atoms with Gasteiger partial charge in [0.25, 0.3) is 0 Å². The third-order valence-corrected chi connectivity index (χ3v) is 1.71. The van der Waals surface area contributed by atoms with Gasteiger partial charge in [-0.25, -0.2) is 4.79 Å². The van der Waals surface area contributed by atoms with Gasteiger partial charge in [-0.15, -0.1) is 6.42 Å². The molecule has 0 heterocycles. The van der Waals surface area contributed by atoms with Crippen molar-refractivity contribution < 1.29 is 24.6 Å². The van der Waals surface area contributed by atoms with Crippen LogP contribution in [-0.2, 0) is 14.4 Å². The van der Waals surface area contributed by atoms with E-state index in [2.05, 4.69) is 5.32 Å². The van der Waals surface area contributed by atoms with Gasteiger partial charge in [0.15, 0.2) is 5.54 Å². The van der Waals surface area contributed by atoms with Crippen molar-refractivity contribution in [3.8, 4) is 12.3 Å². The fourth-order valence-corrected chi connectivity index (χ4v) is 0.988. The smallest absolute Gasteiger partial charge is 0.342 e. The number of carbonyl (C=O) groups excluding carboxylic acids is 1. The Hall–Kier alpha value is -2.03. The van der Waals surface area contributed by atoms with Gasteiger partial charge in [-0.2, -0.15) is 0 Å². The van der Waals surface area contributed by atoms with E-state index in [4.69, 9.17) is 16.6 Å². The highest BCUT2D eigenvalue weighted by atomic mass is 16.4. The van der Waals surface area contributed by atoms with Gasteiger partial charge in [0.2, 0.25) is 5.91 Å². The lowest BCUT2D eigenvalue weighted by Gasteiger charge is -2.23. The van der Waals surface area contributed by atoms with E-state index in [1.807, 2.05) is 5.92 Å². The van der Waals surface area contributed by atoms with Crippen molar-refractivity contribution >= 4 is 17.8 Å². The largest absolute Gasteiger partial charge is 0.481 e. The molecule has 6 heteroatoms. The molecule has 0 rings (SSSR count). The molecule has 0 bridgehead atoms. The van der Waals surface area contributed by atoms with E-state index in [9.17, 15) is 14.4 Å². The average Bonchev–Trinajstić information content (AvgIpc) is 2.11. The van der Waals surface area contributed by atoms with Gasteiger partial charge in [0.05, 0.1) is 0 Å². The van der Waals surface area contributed by atoms with Crippen LogP contribution in [0.4, 0.5) is 0 Å². The quantitative estimate of drug-likeness (QED) is 0.531. The molecule has 0 aliphatic carbocycles. The number of carboxylic acid groups (broad SMARTS) is 2. The van der Waals surface area contributed by atoms with Crippen molar-refractivity contribution in [2.75, 3.05) is 0 Å². The second-order valence-electron chi connectivity index (χ2n) is 2.93. The topological polar surface area (TPSA) is 104 Å². The summed E-state index contributed by atoms with van der Waals surface area (Å²) in [7, 11) is 0. The molecule has 82 valence electrons. The molecule has 0 aliphatic heterocycles. The van der Waals surface area contributed by atoms with Gasteiger partial charge in [-0.05, 0) is 0 Å². The van der Waals surface area contributed by atoms with E-state index in [0.29, 0.717) is 0 Å². The van der Waals surface area contributed by atoms with Crippen molar-refractivity contribution in [2.24, 2.45) is 0 Å². The van der Waals surface area contributed by atoms with Crippen LogP contribution in [0.2, 0.25) is 0 Å². The minimum absolute atomic E-state index is 0.353. The number of hydrogen-bond acceptors (Lipinski definition) is 3. The summed E-state index contributed by atoms with van der Waals surface area (Å²) in [4.78, 5) is 31.9. The first-order valence-electron chi connectivity index (χ1n) is 4.06. The first kappa shape index (κ1) is 13.0. The Morgan fingerprint density at radius 3 is 2.20 bits per heavy atom. The van der Waals surface area contributed by atoms with Crippen LogP contribution in [0.25, 0.3) is 0 Å². The van der Waals surface area contributed by atoms with E-state index in [1.165, 1.54) is 0 Å². The number of nitrogens with one attached hydrogen (secondary N) is 1. The van der Waals surface area contributed by atoms with Crippen LogP contribution in [-0.4, -0.2) is 33.6 Å². The fourth-order valence-electron chi connectivity index (χ4n) is 0.988. The lowest BCUT2D eigenvalue weighted by Crippen LogP contribution is -2.53. The number of amides is 1. The summed E-state index contributed by atoms with van der Waals surface area (Å²) < 4.78 is 0. The number of rotatable bonds is 5. The van der Waals surface area contributed by atoms with E-state index in [-0.39, 0.29) is 6.42 Å². The molecule has 0 aliphatic rings. The van der Waals surface area contributed by atoms with Crippen molar-refractivity contribution in [3.05, 3.63) is 0 Å². The Bertz CT molecular complexity index is 330. The number of hydrogen-bond donors (Lipinski definition) is 3. The van der Waals surface area contributed by atoms with Gasteiger partial charge >= 0.3 is 11.9 Å². The molecule has 0 aromatic carbocycles. The lowest BCUT2D eigenvalue weighted by atomic mass is 9.94. The van der Waals surface area contributed by atoms with E-state index in [0.717, 1.165) is 6.92 Å². The summed E-state index contributed by atoms with van der Waals surface area (Å²) in [5.74, 6) is -1.34. The van der Waals surface area contributed by atoms with Gasteiger partial charge < -0.3 is 15.5 Å². The SMILES string of the molecule is C#CC(CCC(=O)O)(NC(C)=O)C(=O)O. The molecule has 1 atom stereocenters. The summed E-state index contributed by atoms with van der Waals surface area (Å²) in [5, 5.41) is 19.3. The third kappa shape index (κ3) is 3.68. The molecule has 0 radical (unpaired) electrons. The normalized spacial score (nSPS) is 13.3. The van der Waals surface area contributed by atoms with Crippen LogP contribution < -0.4 is 5.32 Å². The zero-order chi connectivity index (χ0) is 12.1. The van der Waals surface area contributed by atoms with E-state index in [1.54, 1.807) is 0 Å². The van der Waals surface area contributed by atoms with Crippen LogP contribution in [0.1, 0.15) is 19.8 Å². The van der Waals surface area contributed by atoms with Crippen LogP contribution in [0.15, 0.2) is 0 Å². The minimum Gasteiger partial charge on any atom is -0.481 e.